The topological polar surface area (TPSA) is 36.8 Å². The number of hydrogen-bond donors (Lipinski definition) is 1. The standard InChI is InChI=1S/C20H15N3S/c1-3-9-15(10-4-1)21-20-19(17-13-7-8-14-18(17)24-20)23-22-16-11-5-2-6-12-16/h1-14,21H. The van der Waals surface area contributed by atoms with Gasteiger partial charge in [0.1, 0.15) is 10.7 Å². The zero-order valence-corrected chi connectivity index (χ0v) is 13.7. The van der Waals surface area contributed by atoms with E-state index in [1.165, 1.54) is 4.70 Å². The van der Waals surface area contributed by atoms with Crippen LogP contribution in [0.1, 0.15) is 0 Å². The zero-order valence-electron chi connectivity index (χ0n) is 12.9. The predicted octanol–water partition coefficient (Wildman–Crippen LogP) is 7.06. The number of rotatable bonds is 4. The van der Waals surface area contributed by atoms with Crippen LogP contribution in [-0.4, -0.2) is 0 Å². The summed E-state index contributed by atoms with van der Waals surface area (Å²) in [5, 5.41) is 14.5. The van der Waals surface area contributed by atoms with Gasteiger partial charge in [0.05, 0.1) is 5.69 Å². The third-order valence-corrected chi connectivity index (χ3v) is 4.70. The number of thiophene rings is 1. The Morgan fingerprint density at radius 1 is 0.667 bits per heavy atom. The molecule has 0 aliphatic rings. The summed E-state index contributed by atoms with van der Waals surface area (Å²) in [5.74, 6) is 0. The van der Waals surface area contributed by atoms with Gasteiger partial charge in [-0.25, -0.2) is 0 Å². The first-order chi connectivity index (χ1) is 11.9. The largest absolute Gasteiger partial charge is 0.345 e. The Hall–Kier alpha value is -2.98. The molecule has 0 amide bonds. The molecule has 1 heterocycles. The molecule has 0 unspecified atom stereocenters. The number of nitrogens with one attached hydrogen (secondary N) is 1. The highest BCUT2D eigenvalue weighted by molar-refractivity contribution is 7.23. The fourth-order valence-electron chi connectivity index (χ4n) is 2.47. The number of benzene rings is 3. The van der Waals surface area contributed by atoms with Gasteiger partial charge < -0.3 is 5.32 Å². The summed E-state index contributed by atoms with van der Waals surface area (Å²) in [6.45, 7) is 0. The molecule has 0 spiro atoms. The average Bonchev–Trinajstić information content (AvgIpc) is 2.99. The maximum absolute atomic E-state index is 4.53. The molecule has 4 rings (SSSR count). The lowest BCUT2D eigenvalue weighted by molar-refractivity contribution is 1.25. The second-order valence-corrected chi connectivity index (χ2v) is 6.35. The normalized spacial score (nSPS) is 11.2. The summed E-state index contributed by atoms with van der Waals surface area (Å²) in [7, 11) is 0. The molecule has 0 fully saturated rings. The number of para-hydroxylation sites is 1. The SMILES string of the molecule is c1ccc(N=Nc2c(Nc3ccccc3)sc3ccccc23)cc1. The quantitative estimate of drug-likeness (QED) is 0.400. The maximum atomic E-state index is 4.53. The minimum Gasteiger partial charge on any atom is -0.345 e. The summed E-state index contributed by atoms with van der Waals surface area (Å²) in [6.07, 6.45) is 0. The summed E-state index contributed by atoms with van der Waals surface area (Å²) < 4.78 is 1.19. The Morgan fingerprint density at radius 2 is 1.33 bits per heavy atom. The molecule has 0 bridgehead atoms. The molecule has 0 aliphatic carbocycles. The molecule has 3 nitrogen and oxygen atoms in total. The van der Waals surface area contributed by atoms with Gasteiger partial charge in [-0.15, -0.1) is 16.5 Å². The van der Waals surface area contributed by atoms with E-state index in [-0.39, 0.29) is 0 Å². The highest BCUT2D eigenvalue weighted by Crippen LogP contribution is 2.44. The Bertz CT molecular complexity index is 976. The third kappa shape index (κ3) is 3.05. The number of nitrogens with zero attached hydrogens (tertiary/aromatic N) is 2. The van der Waals surface area contributed by atoms with Crippen LogP contribution in [0.25, 0.3) is 10.1 Å². The van der Waals surface area contributed by atoms with Crippen molar-refractivity contribution in [1.29, 1.82) is 0 Å². The van der Waals surface area contributed by atoms with Crippen molar-refractivity contribution >= 4 is 43.5 Å². The second-order valence-electron chi connectivity index (χ2n) is 5.30. The molecule has 3 aromatic carbocycles. The lowest BCUT2D eigenvalue weighted by atomic mass is 10.2. The zero-order chi connectivity index (χ0) is 16.2. The van der Waals surface area contributed by atoms with E-state index in [2.05, 4.69) is 27.7 Å². The molecule has 116 valence electrons. The Balaban J connectivity index is 1.77. The monoisotopic (exact) mass is 329 g/mol. The first kappa shape index (κ1) is 14.6. The van der Waals surface area contributed by atoms with Crippen LogP contribution in [0.4, 0.5) is 22.1 Å². The van der Waals surface area contributed by atoms with Crippen molar-refractivity contribution < 1.29 is 0 Å². The first-order valence-electron chi connectivity index (χ1n) is 7.70. The van der Waals surface area contributed by atoms with E-state index < -0.39 is 0 Å². The smallest absolute Gasteiger partial charge is 0.128 e. The van der Waals surface area contributed by atoms with Crippen molar-refractivity contribution in [3.63, 3.8) is 0 Å². The van der Waals surface area contributed by atoms with E-state index in [0.29, 0.717) is 0 Å². The molecule has 1 aromatic heterocycles. The molecule has 0 saturated carbocycles. The van der Waals surface area contributed by atoms with Crippen LogP contribution in [0, 0.1) is 0 Å². The molecule has 0 atom stereocenters. The predicted molar refractivity (Wildman–Crippen MR) is 102 cm³/mol. The number of azo groups is 1. The fourth-order valence-corrected chi connectivity index (χ4v) is 3.53. The number of anilines is 2. The van der Waals surface area contributed by atoms with E-state index in [4.69, 9.17) is 0 Å². The van der Waals surface area contributed by atoms with Crippen LogP contribution < -0.4 is 5.32 Å². The van der Waals surface area contributed by atoms with Crippen LogP contribution in [0.3, 0.4) is 0 Å². The van der Waals surface area contributed by atoms with Crippen LogP contribution in [0.2, 0.25) is 0 Å². The van der Waals surface area contributed by atoms with E-state index in [9.17, 15) is 0 Å². The Labute approximate surface area is 144 Å². The molecule has 0 radical (unpaired) electrons. The van der Waals surface area contributed by atoms with E-state index in [0.717, 1.165) is 27.4 Å². The van der Waals surface area contributed by atoms with Gasteiger partial charge in [-0.1, -0.05) is 54.6 Å². The van der Waals surface area contributed by atoms with Gasteiger partial charge in [0.2, 0.25) is 0 Å². The molecule has 4 aromatic rings. The third-order valence-electron chi connectivity index (χ3n) is 3.62. The van der Waals surface area contributed by atoms with Crippen molar-refractivity contribution in [3.05, 3.63) is 84.9 Å². The molecule has 1 N–H and O–H groups in total. The minimum absolute atomic E-state index is 0.846. The van der Waals surface area contributed by atoms with Crippen LogP contribution in [-0.2, 0) is 0 Å². The summed E-state index contributed by atoms with van der Waals surface area (Å²) in [5.41, 5.74) is 2.77. The summed E-state index contributed by atoms with van der Waals surface area (Å²) in [6, 6.07) is 28.2. The lowest BCUT2D eigenvalue weighted by Gasteiger charge is -2.04. The Morgan fingerprint density at radius 3 is 2.12 bits per heavy atom. The lowest BCUT2D eigenvalue weighted by Crippen LogP contribution is -1.86. The van der Waals surface area contributed by atoms with Crippen LogP contribution >= 0.6 is 11.3 Å². The van der Waals surface area contributed by atoms with Gasteiger partial charge in [0.25, 0.3) is 0 Å². The summed E-state index contributed by atoms with van der Waals surface area (Å²) in [4.78, 5) is 0. The molecule has 4 heteroatoms. The van der Waals surface area contributed by atoms with Crippen molar-refractivity contribution in [3.8, 4) is 0 Å². The van der Waals surface area contributed by atoms with Gasteiger partial charge >= 0.3 is 0 Å². The molecule has 0 aliphatic heterocycles. The van der Waals surface area contributed by atoms with E-state index in [1.807, 2.05) is 72.8 Å². The molecular weight excluding hydrogens is 314 g/mol. The van der Waals surface area contributed by atoms with Gasteiger partial charge in [-0.3, -0.25) is 0 Å². The van der Waals surface area contributed by atoms with Crippen molar-refractivity contribution in [2.24, 2.45) is 10.2 Å². The Kier molecular flexibility index (Phi) is 4.04. The second kappa shape index (κ2) is 6.64. The van der Waals surface area contributed by atoms with Crippen molar-refractivity contribution in [1.82, 2.24) is 0 Å². The highest BCUT2D eigenvalue weighted by Gasteiger charge is 2.12. The van der Waals surface area contributed by atoms with Crippen LogP contribution in [0.15, 0.2) is 95.2 Å². The van der Waals surface area contributed by atoms with Crippen molar-refractivity contribution in [2.75, 3.05) is 5.32 Å². The summed E-state index contributed by atoms with van der Waals surface area (Å²) >= 11 is 1.69. The molecular formula is C20H15N3S. The molecule has 0 saturated heterocycles. The van der Waals surface area contributed by atoms with E-state index >= 15 is 0 Å². The average molecular weight is 329 g/mol. The van der Waals surface area contributed by atoms with Gasteiger partial charge in [-0.2, -0.15) is 5.11 Å². The number of hydrogen-bond acceptors (Lipinski definition) is 4. The van der Waals surface area contributed by atoms with Crippen molar-refractivity contribution in [2.45, 2.75) is 0 Å². The number of fused-ring (bicyclic) bond motifs is 1. The van der Waals surface area contributed by atoms with Gasteiger partial charge in [-0.05, 0) is 30.3 Å². The molecule has 24 heavy (non-hydrogen) atoms. The maximum Gasteiger partial charge on any atom is 0.128 e. The highest BCUT2D eigenvalue weighted by atomic mass is 32.1. The minimum atomic E-state index is 0.846. The van der Waals surface area contributed by atoms with E-state index in [1.54, 1.807) is 11.3 Å². The van der Waals surface area contributed by atoms with Gasteiger partial charge in [0.15, 0.2) is 0 Å². The van der Waals surface area contributed by atoms with Crippen LogP contribution in [0.5, 0.6) is 0 Å². The van der Waals surface area contributed by atoms with Gasteiger partial charge in [0, 0.05) is 15.8 Å². The first-order valence-corrected chi connectivity index (χ1v) is 8.52. The fraction of sp³-hybridized carbons (Fsp3) is 0.